The number of methoxy groups -OCH3 is 1. The molecule has 2 atom stereocenters. The lowest BCUT2D eigenvalue weighted by molar-refractivity contribution is -0.143. The summed E-state index contributed by atoms with van der Waals surface area (Å²) in [6, 6.07) is 7.24. The third-order valence-electron chi connectivity index (χ3n) is 7.26. The van der Waals surface area contributed by atoms with Crippen molar-refractivity contribution in [2.24, 2.45) is 5.92 Å². The Hall–Kier alpha value is -2.79. The van der Waals surface area contributed by atoms with E-state index in [0.717, 1.165) is 23.9 Å². The number of carbonyl (C=O) groups excluding carboxylic acids is 3. The molecule has 1 fully saturated rings. The monoisotopic (exact) mass is 590 g/mol. The van der Waals surface area contributed by atoms with E-state index in [1.165, 1.54) is 7.11 Å². The number of alkyl carbamates (subject to hydrolysis) is 2. The van der Waals surface area contributed by atoms with Crippen molar-refractivity contribution in [3.05, 3.63) is 29.8 Å². The van der Waals surface area contributed by atoms with Crippen LogP contribution < -0.4 is 16.1 Å². The van der Waals surface area contributed by atoms with Gasteiger partial charge in [0.25, 0.3) is 0 Å². The van der Waals surface area contributed by atoms with Crippen LogP contribution in [0.15, 0.2) is 24.3 Å². The van der Waals surface area contributed by atoms with Crippen LogP contribution in [0.25, 0.3) is 0 Å². The molecule has 0 aliphatic carbocycles. The quantitative estimate of drug-likeness (QED) is 0.212. The van der Waals surface area contributed by atoms with Crippen LogP contribution in [-0.2, 0) is 34.7 Å². The van der Waals surface area contributed by atoms with E-state index >= 15 is 0 Å². The highest BCUT2D eigenvalue weighted by Gasteiger charge is 2.51. The fourth-order valence-electron chi connectivity index (χ4n) is 4.40. The van der Waals surface area contributed by atoms with Gasteiger partial charge in [-0.2, -0.15) is 0 Å². The minimum atomic E-state index is -0.936. The molecule has 1 aromatic carbocycles. The number of hydrogen-bond donors (Lipinski definition) is 2. The van der Waals surface area contributed by atoms with Gasteiger partial charge in [0.05, 0.1) is 18.3 Å². The van der Waals surface area contributed by atoms with E-state index in [9.17, 15) is 14.4 Å². The van der Waals surface area contributed by atoms with E-state index in [1.54, 1.807) is 41.5 Å². The number of rotatable bonds is 11. The minimum Gasteiger partial charge on any atom is -0.467 e. The van der Waals surface area contributed by atoms with Crippen molar-refractivity contribution in [2.45, 2.75) is 123 Å². The summed E-state index contributed by atoms with van der Waals surface area (Å²) in [5.74, 6) is -0.734. The Morgan fingerprint density at radius 1 is 0.881 bits per heavy atom. The van der Waals surface area contributed by atoms with Gasteiger partial charge in [0, 0.05) is 6.54 Å². The lowest BCUT2D eigenvalue weighted by Gasteiger charge is -2.32. The second-order valence-electron chi connectivity index (χ2n) is 13.9. The summed E-state index contributed by atoms with van der Waals surface area (Å²) < 4.78 is 28.0. The van der Waals surface area contributed by atoms with Crippen LogP contribution in [0.2, 0.25) is 0 Å². The zero-order valence-corrected chi connectivity index (χ0v) is 27.3. The Kier molecular flexibility index (Phi) is 11.9. The molecule has 2 rings (SSSR count). The van der Waals surface area contributed by atoms with Gasteiger partial charge in [-0.1, -0.05) is 24.3 Å². The Balaban J connectivity index is 2.06. The molecule has 0 spiro atoms. The van der Waals surface area contributed by atoms with E-state index in [-0.39, 0.29) is 18.9 Å². The van der Waals surface area contributed by atoms with Crippen molar-refractivity contribution in [2.75, 3.05) is 13.7 Å². The number of hydrogen-bond acceptors (Lipinski definition) is 8. The molecule has 0 radical (unpaired) electrons. The number of ether oxygens (including phenoxy) is 3. The topological polar surface area (TPSA) is 121 Å². The number of esters is 1. The highest BCUT2D eigenvalue weighted by atomic mass is 16.7. The molecule has 1 heterocycles. The van der Waals surface area contributed by atoms with Crippen LogP contribution in [-0.4, -0.2) is 67.4 Å². The van der Waals surface area contributed by atoms with Crippen molar-refractivity contribution in [1.82, 2.24) is 10.6 Å². The van der Waals surface area contributed by atoms with Crippen molar-refractivity contribution in [1.29, 1.82) is 0 Å². The second kappa shape index (κ2) is 14.1. The molecule has 0 saturated carbocycles. The van der Waals surface area contributed by atoms with Gasteiger partial charge in [0.1, 0.15) is 17.2 Å². The predicted octanol–water partition coefficient (Wildman–Crippen LogP) is 4.91. The van der Waals surface area contributed by atoms with Crippen LogP contribution in [0.4, 0.5) is 9.59 Å². The van der Waals surface area contributed by atoms with E-state index in [4.69, 9.17) is 23.5 Å². The number of aryl methyl sites for hydroxylation is 1. The molecule has 2 N–H and O–H groups in total. The molecule has 236 valence electrons. The minimum absolute atomic E-state index is 0.152. The number of carbonyl (C=O) groups is 3. The highest BCUT2D eigenvalue weighted by Crippen LogP contribution is 2.36. The molecule has 2 amide bonds. The van der Waals surface area contributed by atoms with Gasteiger partial charge in [0.15, 0.2) is 0 Å². The molecule has 1 aromatic rings. The first kappa shape index (κ1) is 35.4. The average Bonchev–Trinajstić information content (AvgIpc) is 3.06. The van der Waals surface area contributed by atoms with E-state index in [0.29, 0.717) is 6.42 Å². The first-order chi connectivity index (χ1) is 19.2. The normalized spacial score (nSPS) is 17.6. The van der Waals surface area contributed by atoms with Crippen LogP contribution in [0, 0.1) is 5.92 Å². The maximum Gasteiger partial charge on any atom is 0.494 e. The average molecular weight is 591 g/mol. The van der Waals surface area contributed by atoms with Crippen LogP contribution >= 0.6 is 0 Å². The molecule has 1 aliphatic rings. The number of nitrogens with one attached hydrogen (secondary N) is 2. The van der Waals surface area contributed by atoms with Crippen molar-refractivity contribution < 1.29 is 37.9 Å². The summed E-state index contributed by atoms with van der Waals surface area (Å²) in [5.41, 5.74) is -0.0616. The van der Waals surface area contributed by atoms with Gasteiger partial charge in [0.2, 0.25) is 0 Å². The largest absolute Gasteiger partial charge is 0.494 e. The molecule has 2 unspecified atom stereocenters. The van der Waals surface area contributed by atoms with Crippen LogP contribution in [0.5, 0.6) is 0 Å². The summed E-state index contributed by atoms with van der Waals surface area (Å²) in [7, 11) is 0.855. The third kappa shape index (κ3) is 11.5. The van der Waals surface area contributed by atoms with Gasteiger partial charge in [-0.25, -0.2) is 14.4 Å². The summed E-state index contributed by atoms with van der Waals surface area (Å²) in [5, 5.41) is 5.44. The lowest BCUT2D eigenvalue weighted by atomic mass is 9.78. The van der Waals surface area contributed by atoms with Crippen molar-refractivity contribution in [3.63, 3.8) is 0 Å². The summed E-state index contributed by atoms with van der Waals surface area (Å²) in [6.45, 7) is 19.0. The fraction of sp³-hybridized carbons (Fsp3) is 0.710. The van der Waals surface area contributed by atoms with Gasteiger partial charge in [-0.05, 0) is 112 Å². The Morgan fingerprint density at radius 2 is 1.40 bits per heavy atom. The molecule has 0 bridgehead atoms. The van der Waals surface area contributed by atoms with Gasteiger partial charge < -0.3 is 34.2 Å². The van der Waals surface area contributed by atoms with E-state index in [1.807, 2.05) is 39.8 Å². The standard InChI is InChI=1S/C31H51BN2O8/c1-28(2,3)39-26(36)33-20-22(19-24(25(35)38-11)34-27(37)40-29(4,5)6)14-12-13-21-15-17-23(18-16-21)32-41-30(7,8)31(9,10)42-32/h15-18,22,24H,12-14,19-20H2,1-11H3,(H,33,36)(H,34,37). The van der Waals surface area contributed by atoms with E-state index in [2.05, 4.69) is 22.8 Å². The molecule has 1 aliphatic heterocycles. The Labute approximate surface area is 252 Å². The Bertz CT molecular complexity index is 1040. The third-order valence-corrected chi connectivity index (χ3v) is 7.26. The number of benzene rings is 1. The molecule has 0 aromatic heterocycles. The first-order valence-corrected chi connectivity index (χ1v) is 14.7. The molecular weight excluding hydrogens is 539 g/mol. The van der Waals surface area contributed by atoms with Crippen molar-refractivity contribution in [3.8, 4) is 0 Å². The molecule has 11 heteroatoms. The van der Waals surface area contributed by atoms with E-state index < -0.39 is 53.7 Å². The molecule has 42 heavy (non-hydrogen) atoms. The van der Waals surface area contributed by atoms with Gasteiger partial charge >= 0.3 is 25.3 Å². The molecule has 10 nitrogen and oxygen atoms in total. The fourth-order valence-corrected chi connectivity index (χ4v) is 4.40. The maximum absolute atomic E-state index is 12.6. The zero-order chi connectivity index (χ0) is 31.9. The maximum atomic E-state index is 12.6. The first-order valence-electron chi connectivity index (χ1n) is 14.7. The lowest BCUT2D eigenvalue weighted by Crippen LogP contribution is -2.46. The Morgan fingerprint density at radius 3 is 1.90 bits per heavy atom. The molecular formula is C31H51BN2O8. The zero-order valence-electron chi connectivity index (χ0n) is 27.3. The second-order valence-corrected chi connectivity index (χ2v) is 13.9. The molecule has 1 saturated heterocycles. The summed E-state index contributed by atoms with van der Waals surface area (Å²) >= 11 is 0. The van der Waals surface area contributed by atoms with Gasteiger partial charge in [-0.15, -0.1) is 0 Å². The SMILES string of the molecule is COC(=O)C(CC(CCCc1ccc(B2OC(C)(C)C(C)(C)O2)cc1)CNC(=O)OC(C)(C)C)NC(=O)OC(C)(C)C. The predicted molar refractivity (Wildman–Crippen MR) is 163 cm³/mol. The number of amides is 2. The smallest absolute Gasteiger partial charge is 0.467 e. The van der Waals surface area contributed by atoms with Crippen LogP contribution in [0.3, 0.4) is 0 Å². The highest BCUT2D eigenvalue weighted by molar-refractivity contribution is 6.62. The van der Waals surface area contributed by atoms with Gasteiger partial charge in [-0.3, -0.25) is 0 Å². The summed E-state index contributed by atoms with van der Waals surface area (Å²) in [6.07, 6.45) is 1.26. The van der Waals surface area contributed by atoms with Crippen molar-refractivity contribution >= 4 is 30.7 Å². The summed E-state index contributed by atoms with van der Waals surface area (Å²) in [4.78, 5) is 37.4. The van der Waals surface area contributed by atoms with Crippen LogP contribution in [0.1, 0.15) is 94.1 Å².